The SMILES string of the molecule is NC(=O)CSc1ncnc2c1oc1ccccc12. The first-order chi connectivity index (χ1) is 8.75. The van der Waals surface area contributed by atoms with Crippen LogP contribution in [0.3, 0.4) is 0 Å². The standard InChI is InChI=1S/C12H9N3O2S/c13-9(16)5-18-12-11-10(14-6-15-12)7-3-1-2-4-8(7)17-11/h1-4,6H,5H2,(H2,13,16). The van der Waals surface area contributed by atoms with Crippen molar-refractivity contribution < 1.29 is 9.21 Å². The maximum Gasteiger partial charge on any atom is 0.227 e. The van der Waals surface area contributed by atoms with Crippen LogP contribution in [0.2, 0.25) is 0 Å². The molecule has 3 aromatic rings. The lowest BCUT2D eigenvalue weighted by Gasteiger charge is -1.97. The minimum Gasteiger partial charge on any atom is -0.451 e. The van der Waals surface area contributed by atoms with Crippen LogP contribution in [0, 0.1) is 0 Å². The molecule has 3 rings (SSSR count). The van der Waals surface area contributed by atoms with Gasteiger partial charge in [-0.1, -0.05) is 23.9 Å². The predicted molar refractivity (Wildman–Crippen MR) is 69.2 cm³/mol. The van der Waals surface area contributed by atoms with Crippen molar-refractivity contribution in [3.63, 3.8) is 0 Å². The normalized spacial score (nSPS) is 11.1. The van der Waals surface area contributed by atoms with Crippen molar-refractivity contribution in [2.24, 2.45) is 5.73 Å². The van der Waals surface area contributed by atoms with Gasteiger partial charge >= 0.3 is 0 Å². The molecular formula is C12H9N3O2S. The fraction of sp³-hybridized carbons (Fsp3) is 0.0833. The van der Waals surface area contributed by atoms with E-state index in [-0.39, 0.29) is 11.7 Å². The number of primary amides is 1. The number of rotatable bonds is 3. The molecule has 5 nitrogen and oxygen atoms in total. The first-order valence-electron chi connectivity index (χ1n) is 5.29. The molecule has 0 unspecified atom stereocenters. The van der Waals surface area contributed by atoms with E-state index >= 15 is 0 Å². The molecule has 0 radical (unpaired) electrons. The summed E-state index contributed by atoms with van der Waals surface area (Å²) in [5.74, 6) is -0.216. The van der Waals surface area contributed by atoms with E-state index in [9.17, 15) is 4.79 Å². The lowest BCUT2D eigenvalue weighted by Crippen LogP contribution is -2.13. The highest BCUT2D eigenvalue weighted by Gasteiger charge is 2.13. The molecule has 2 aromatic heterocycles. The number of hydrogen-bond donors (Lipinski definition) is 1. The van der Waals surface area contributed by atoms with Crippen LogP contribution in [0.5, 0.6) is 0 Å². The van der Waals surface area contributed by atoms with Gasteiger partial charge in [-0.25, -0.2) is 9.97 Å². The van der Waals surface area contributed by atoms with Crippen LogP contribution in [0.25, 0.3) is 22.1 Å². The molecule has 18 heavy (non-hydrogen) atoms. The fourth-order valence-corrected chi connectivity index (χ4v) is 2.42. The molecule has 1 aromatic carbocycles. The number of nitrogens with two attached hydrogens (primary N) is 1. The van der Waals surface area contributed by atoms with Crippen LogP contribution in [-0.2, 0) is 4.79 Å². The number of carbonyl (C=O) groups is 1. The summed E-state index contributed by atoms with van der Waals surface area (Å²) in [6.07, 6.45) is 1.47. The monoisotopic (exact) mass is 259 g/mol. The van der Waals surface area contributed by atoms with Gasteiger partial charge in [0.1, 0.15) is 22.5 Å². The Morgan fingerprint density at radius 3 is 3.00 bits per heavy atom. The van der Waals surface area contributed by atoms with Crippen LogP contribution in [0.4, 0.5) is 0 Å². The van der Waals surface area contributed by atoms with Gasteiger partial charge in [0.15, 0.2) is 5.58 Å². The number of nitrogens with zero attached hydrogens (tertiary/aromatic N) is 2. The minimum absolute atomic E-state index is 0.170. The minimum atomic E-state index is -0.386. The highest BCUT2D eigenvalue weighted by Crippen LogP contribution is 2.32. The first kappa shape index (κ1) is 11.0. The van der Waals surface area contributed by atoms with Gasteiger partial charge in [-0.2, -0.15) is 0 Å². The quantitative estimate of drug-likeness (QED) is 0.574. The average molecular weight is 259 g/mol. The number of furan rings is 1. The molecule has 0 fully saturated rings. The number of carbonyl (C=O) groups excluding carboxylic acids is 1. The number of para-hydroxylation sites is 1. The van der Waals surface area contributed by atoms with E-state index in [1.807, 2.05) is 24.3 Å². The number of benzene rings is 1. The molecule has 90 valence electrons. The lowest BCUT2D eigenvalue weighted by atomic mass is 10.2. The van der Waals surface area contributed by atoms with Gasteiger partial charge in [-0.3, -0.25) is 4.79 Å². The predicted octanol–water partition coefficient (Wildman–Crippen LogP) is 1.95. The molecule has 0 aliphatic carbocycles. The topological polar surface area (TPSA) is 82.0 Å². The summed E-state index contributed by atoms with van der Waals surface area (Å²) >= 11 is 1.25. The Balaban J connectivity index is 2.18. The number of hydrogen-bond acceptors (Lipinski definition) is 5. The second kappa shape index (κ2) is 4.30. The molecular weight excluding hydrogens is 250 g/mol. The summed E-state index contributed by atoms with van der Waals surface area (Å²) in [5, 5.41) is 1.57. The van der Waals surface area contributed by atoms with Gasteiger partial charge in [0.25, 0.3) is 0 Å². The van der Waals surface area contributed by atoms with E-state index in [0.29, 0.717) is 10.6 Å². The fourth-order valence-electron chi connectivity index (χ4n) is 1.74. The molecule has 1 amide bonds. The summed E-state index contributed by atoms with van der Waals surface area (Å²) < 4.78 is 5.72. The summed E-state index contributed by atoms with van der Waals surface area (Å²) in [7, 11) is 0. The molecule has 0 atom stereocenters. The van der Waals surface area contributed by atoms with Gasteiger partial charge < -0.3 is 10.2 Å². The Morgan fingerprint density at radius 2 is 2.17 bits per heavy atom. The molecule has 0 saturated carbocycles. The van der Waals surface area contributed by atoms with Gasteiger partial charge in [-0.15, -0.1) is 0 Å². The van der Waals surface area contributed by atoms with Crippen LogP contribution in [0.15, 0.2) is 40.0 Å². The number of thioether (sulfide) groups is 1. The van der Waals surface area contributed by atoms with Crippen LogP contribution in [0.1, 0.15) is 0 Å². The van der Waals surface area contributed by atoms with Crippen LogP contribution < -0.4 is 5.73 Å². The maximum absolute atomic E-state index is 10.8. The van der Waals surface area contributed by atoms with E-state index in [1.54, 1.807) is 0 Å². The van der Waals surface area contributed by atoms with Crippen molar-refractivity contribution in [3.05, 3.63) is 30.6 Å². The van der Waals surface area contributed by atoms with Crippen molar-refractivity contribution >= 4 is 39.7 Å². The number of fused-ring (bicyclic) bond motifs is 3. The second-order valence-corrected chi connectivity index (χ2v) is 4.67. The average Bonchev–Trinajstić information content (AvgIpc) is 2.75. The van der Waals surface area contributed by atoms with Crippen LogP contribution in [-0.4, -0.2) is 21.6 Å². The molecule has 6 heteroatoms. The zero-order valence-electron chi connectivity index (χ0n) is 9.29. The molecule has 0 saturated heterocycles. The Labute approximate surface area is 106 Å². The highest BCUT2D eigenvalue weighted by molar-refractivity contribution is 8.00. The second-order valence-electron chi connectivity index (χ2n) is 3.71. The van der Waals surface area contributed by atoms with Crippen molar-refractivity contribution in [3.8, 4) is 0 Å². The van der Waals surface area contributed by atoms with E-state index < -0.39 is 0 Å². The zero-order chi connectivity index (χ0) is 12.5. The maximum atomic E-state index is 10.8. The number of amides is 1. The molecule has 0 aliphatic rings. The van der Waals surface area contributed by atoms with Crippen molar-refractivity contribution in [1.82, 2.24) is 9.97 Å². The third-order valence-corrected chi connectivity index (χ3v) is 3.47. The van der Waals surface area contributed by atoms with Crippen LogP contribution >= 0.6 is 11.8 Å². The molecule has 0 spiro atoms. The van der Waals surface area contributed by atoms with Crippen molar-refractivity contribution in [2.75, 3.05) is 5.75 Å². The Kier molecular flexibility index (Phi) is 2.64. The van der Waals surface area contributed by atoms with E-state index in [0.717, 1.165) is 16.5 Å². The largest absolute Gasteiger partial charge is 0.451 e. The van der Waals surface area contributed by atoms with Gasteiger partial charge in [-0.05, 0) is 12.1 Å². The zero-order valence-corrected chi connectivity index (χ0v) is 10.1. The van der Waals surface area contributed by atoms with Crippen molar-refractivity contribution in [1.29, 1.82) is 0 Å². The van der Waals surface area contributed by atoms with E-state index in [2.05, 4.69) is 9.97 Å². The summed E-state index contributed by atoms with van der Waals surface area (Å²) in [6, 6.07) is 7.64. The van der Waals surface area contributed by atoms with E-state index in [4.69, 9.17) is 10.2 Å². The van der Waals surface area contributed by atoms with Gasteiger partial charge in [0, 0.05) is 5.39 Å². The number of aromatic nitrogens is 2. The third kappa shape index (κ3) is 1.80. The van der Waals surface area contributed by atoms with Gasteiger partial charge in [0.2, 0.25) is 5.91 Å². The molecule has 0 bridgehead atoms. The van der Waals surface area contributed by atoms with E-state index in [1.165, 1.54) is 18.1 Å². The Bertz CT molecular complexity index is 738. The lowest BCUT2D eigenvalue weighted by molar-refractivity contribution is -0.115. The molecule has 0 aliphatic heterocycles. The van der Waals surface area contributed by atoms with Crippen molar-refractivity contribution in [2.45, 2.75) is 5.03 Å². The summed E-state index contributed by atoms with van der Waals surface area (Å²) in [6.45, 7) is 0. The Hall–Kier alpha value is -2.08. The molecule has 2 heterocycles. The first-order valence-corrected chi connectivity index (χ1v) is 6.27. The van der Waals surface area contributed by atoms with Gasteiger partial charge in [0.05, 0.1) is 5.75 Å². The smallest absolute Gasteiger partial charge is 0.227 e. The highest BCUT2D eigenvalue weighted by atomic mass is 32.2. The summed E-state index contributed by atoms with van der Waals surface area (Å²) in [5.41, 5.74) is 7.24. The molecule has 2 N–H and O–H groups in total. The Morgan fingerprint density at radius 1 is 1.33 bits per heavy atom. The third-order valence-electron chi connectivity index (χ3n) is 2.48. The summed E-state index contributed by atoms with van der Waals surface area (Å²) in [4.78, 5) is 19.2.